The van der Waals surface area contributed by atoms with E-state index in [-0.39, 0.29) is 17.0 Å². The van der Waals surface area contributed by atoms with E-state index < -0.39 is 5.97 Å². The van der Waals surface area contributed by atoms with Gasteiger partial charge in [0.15, 0.2) is 5.43 Å². The Morgan fingerprint density at radius 3 is 2.58 bits per heavy atom. The molecule has 2 N–H and O–H groups in total. The van der Waals surface area contributed by atoms with Crippen molar-refractivity contribution in [3.63, 3.8) is 0 Å². The van der Waals surface area contributed by atoms with Gasteiger partial charge < -0.3 is 14.8 Å². The second-order valence-electron chi connectivity index (χ2n) is 8.76. The summed E-state index contributed by atoms with van der Waals surface area (Å²) in [6.45, 7) is 3.82. The Hall–Kier alpha value is -4.72. The summed E-state index contributed by atoms with van der Waals surface area (Å²) >= 11 is 0. The van der Waals surface area contributed by atoms with E-state index in [2.05, 4.69) is 15.4 Å². The second kappa shape index (κ2) is 9.14. The number of para-hydroxylation sites is 1. The maximum Gasteiger partial charge on any atom is 0.337 e. The molecule has 3 heterocycles. The predicted octanol–water partition coefficient (Wildman–Crippen LogP) is 5.44. The molecule has 0 saturated carbocycles. The van der Waals surface area contributed by atoms with Crippen molar-refractivity contribution in [3.05, 3.63) is 100 Å². The van der Waals surface area contributed by atoms with Gasteiger partial charge in [-0.15, -0.1) is 0 Å². The Bertz CT molecular complexity index is 1650. The molecule has 8 nitrogen and oxygen atoms in total. The van der Waals surface area contributed by atoms with Crippen molar-refractivity contribution in [2.75, 3.05) is 5.32 Å². The minimum Gasteiger partial charge on any atom is -0.478 e. The number of hydrogen-bond donors (Lipinski definition) is 2. The molecule has 0 saturated heterocycles. The number of benzene rings is 2. The third-order valence-corrected chi connectivity index (χ3v) is 6.05. The van der Waals surface area contributed by atoms with Crippen molar-refractivity contribution >= 4 is 22.6 Å². The summed E-state index contributed by atoms with van der Waals surface area (Å²) < 4.78 is 8.00. The van der Waals surface area contributed by atoms with Gasteiger partial charge in [-0.2, -0.15) is 5.10 Å². The number of carbonyl (C=O) groups is 1. The molecule has 5 aromatic rings. The number of carboxylic acids is 1. The molecule has 0 radical (unpaired) electrons. The van der Waals surface area contributed by atoms with Crippen molar-refractivity contribution in [3.8, 4) is 22.6 Å². The van der Waals surface area contributed by atoms with E-state index in [9.17, 15) is 14.7 Å². The van der Waals surface area contributed by atoms with E-state index in [1.165, 1.54) is 6.07 Å². The molecule has 0 bridgehead atoms. The number of aromatic carboxylic acids is 1. The molecular formula is C28H24N4O4. The minimum absolute atomic E-state index is 0.161. The first kappa shape index (κ1) is 23.0. The summed E-state index contributed by atoms with van der Waals surface area (Å²) in [4.78, 5) is 29.3. The molecule has 0 aliphatic carbocycles. The number of anilines is 1. The fourth-order valence-electron chi connectivity index (χ4n) is 4.27. The average molecular weight is 481 g/mol. The molecule has 0 unspecified atom stereocenters. The minimum atomic E-state index is -1.02. The topological polar surface area (TPSA) is 110 Å². The van der Waals surface area contributed by atoms with Crippen LogP contribution < -0.4 is 10.7 Å². The quantitative estimate of drug-likeness (QED) is 0.333. The molecule has 8 heteroatoms. The molecule has 0 fully saturated rings. The van der Waals surface area contributed by atoms with Crippen LogP contribution in [0.5, 0.6) is 0 Å². The Morgan fingerprint density at radius 2 is 1.89 bits per heavy atom. The van der Waals surface area contributed by atoms with Crippen LogP contribution in [0.2, 0.25) is 0 Å². The van der Waals surface area contributed by atoms with E-state index in [1.807, 2.05) is 45.3 Å². The van der Waals surface area contributed by atoms with E-state index in [1.54, 1.807) is 47.4 Å². The summed E-state index contributed by atoms with van der Waals surface area (Å²) in [5.41, 5.74) is 4.93. The average Bonchev–Trinajstić information content (AvgIpc) is 3.30. The van der Waals surface area contributed by atoms with Crippen molar-refractivity contribution in [1.82, 2.24) is 14.8 Å². The highest BCUT2D eigenvalue weighted by Crippen LogP contribution is 2.31. The summed E-state index contributed by atoms with van der Waals surface area (Å²) in [7, 11) is 1.84. The van der Waals surface area contributed by atoms with E-state index >= 15 is 0 Å². The van der Waals surface area contributed by atoms with Crippen LogP contribution in [0.3, 0.4) is 0 Å². The van der Waals surface area contributed by atoms with Crippen LogP contribution in [0.4, 0.5) is 5.69 Å². The fraction of sp³-hybridized carbons (Fsp3) is 0.143. The standard InChI is InChI=1S/C28H24N4O4/c1-16-10-21(17(2)31-24-7-5-4-6-20(24)28(34)35)27-22(11-16)25(33)12-26(36-27)18-8-9-23(29-13-18)19-14-30-32(3)15-19/h4-15,17,31H,1-3H3,(H,34,35)/t17-/m1/s1. The Labute approximate surface area is 206 Å². The first-order valence-corrected chi connectivity index (χ1v) is 11.4. The lowest BCUT2D eigenvalue weighted by atomic mass is 10.00. The van der Waals surface area contributed by atoms with Crippen LogP contribution in [-0.2, 0) is 7.05 Å². The molecule has 36 heavy (non-hydrogen) atoms. The number of carboxylic acid groups (broad SMARTS) is 1. The third kappa shape index (κ3) is 4.36. The van der Waals surface area contributed by atoms with Crippen molar-refractivity contribution < 1.29 is 14.3 Å². The van der Waals surface area contributed by atoms with Crippen LogP contribution in [0.25, 0.3) is 33.6 Å². The lowest BCUT2D eigenvalue weighted by Gasteiger charge is -2.19. The molecule has 0 aliphatic rings. The van der Waals surface area contributed by atoms with Gasteiger partial charge in [0, 0.05) is 47.9 Å². The molecule has 0 aliphatic heterocycles. The molecule has 1 atom stereocenters. The van der Waals surface area contributed by atoms with Gasteiger partial charge in [-0.05, 0) is 49.7 Å². The predicted molar refractivity (Wildman–Crippen MR) is 138 cm³/mol. The largest absolute Gasteiger partial charge is 0.478 e. The Balaban J connectivity index is 1.56. The molecule has 3 aromatic heterocycles. The maximum atomic E-state index is 13.1. The SMILES string of the molecule is Cc1cc([C@@H](C)Nc2ccccc2C(=O)O)c2oc(-c3ccc(-c4cnn(C)c4)nc3)cc(=O)c2c1. The zero-order valence-electron chi connectivity index (χ0n) is 20.0. The summed E-state index contributed by atoms with van der Waals surface area (Å²) in [6.07, 6.45) is 5.29. The van der Waals surface area contributed by atoms with Gasteiger partial charge in [0.05, 0.1) is 28.9 Å². The van der Waals surface area contributed by atoms with Crippen LogP contribution in [-0.4, -0.2) is 25.8 Å². The van der Waals surface area contributed by atoms with E-state index in [0.717, 1.165) is 22.4 Å². The van der Waals surface area contributed by atoms with Crippen LogP contribution in [0, 0.1) is 6.92 Å². The normalized spacial score (nSPS) is 12.0. The number of nitrogens with one attached hydrogen (secondary N) is 1. The molecule has 5 rings (SSSR count). The van der Waals surface area contributed by atoms with Crippen LogP contribution in [0.1, 0.15) is 34.5 Å². The highest BCUT2D eigenvalue weighted by molar-refractivity contribution is 5.94. The molecule has 180 valence electrons. The lowest BCUT2D eigenvalue weighted by molar-refractivity contribution is 0.0698. The van der Waals surface area contributed by atoms with Crippen LogP contribution >= 0.6 is 0 Å². The van der Waals surface area contributed by atoms with E-state index in [4.69, 9.17) is 4.42 Å². The van der Waals surface area contributed by atoms with Crippen molar-refractivity contribution in [2.45, 2.75) is 19.9 Å². The number of rotatable bonds is 6. The maximum absolute atomic E-state index is 13.1. The molecule has 2 aromatic carbocycles. The summed E-state index contributed by atoms with van der Waals surface area (Å²) in [5.74, 6) is -0.614. The van der Waals surface area contributed by atoms with E-state index in [0.29, 0.717) is 28.0 Å². The highest BCUT2D eigenvalue weighted by Gasteiger charge is 2.18. The third-order valence-electron chi connectivity index (χ3n) is 6.05. The Morgan fingerprint density at radius 1 is 1.08 bits per heavy atom. The molecule has 0 spiro atoms. The zero-order chi connectivity index (χ0) is 25.4. The first-order chi connectivity index (χ1) is 17.3. The smallest absolute Gasteiger partial charge is 0.337 e. The number of aryl methyl sites for hydroxylation is 2. The molecular weight excluding hydrogens is 456 g/mol. The number of fused-ring (bicyclic) bond motifs is 1. The number of pyridine rings is 1. The monoisotopic (exact) mass is 480 g/mol. The van der Waals surface area contributed by atoms with Crippen molar-refractivity contribution in [1.29, 1.82) is 0 Å². The van der Waals surface area contributed by atoms with Gasteiger partial charge in [-0.1, -0.05) is 18.2 Å². The lowest BCUT2D eigenvalue weighted by Crippen LogP contribution is -2.12. The molecule has 0 amide bonds. The number of nitrogens with zero attached hydrogens (tertiary/aromatic N) is 3. The van der Waals surface area contributed by atoms with Crippen LogP contribution in [0.15, 0.2) is 82.4 Å². The van der Waals surface area contributed by atoms with Gasteiger partial charge in [0.25, 0.3) is 0 Å². The van der Waals surface area contributed by atoms with Gasteiger partial charge in [-0.3, -0.25) is 14.5 Å². The van der Waals surface area contributed by atoms with Crippen molar-refractivity contribution in [2.24, 2.45) is 7.05 Å². The number of aromatic nitrogens is 3. The fourth-order valence-corrected chi connectivity index (χ4v) is 4.27. The Kier molecular flexibility index (Phi) is 5.85. The van der Waals surface area contributed by atoms with Gasteiger partial charge in [0.1, 0.15) is 11.3 Å². The highest BCUT2D eigenvalue weighted by atomic mass is 16.4. The zero-order valence-corrected chi connectivity index (χ0v) is 20.0. The summed E-state index contributed by atoms with van der Waals surface area (Å²) in [6, 6.07) is 15.3. The first-order valence-electron chi connectivity index (χ1n) is 11.4. The van der Waals surface area contributed by atoms with Gasteiger partial charge in [0.2, 0.25) is 0 Å². The number of hydrogen-bond acceptors (Lipinski definition) is 6. The van der Waals surface area contributed by atoms with Gasteiger partial charge in [-0.25, -0.2) is 4.79 Å². The second-order valence-corrected chi connectivity index (χ2v) is 8.76. The van der Waals surface area contributed by atoms with Gasteiger partial charge >= 0.3 is 5.97 Å². The summed E-state index contributed by atoms with van der Waals surface area (Å²) in [5, 5.41) is 17.5.